The maximum atomic E-state index is 12.8. The van der Waals surface area contributed by atoms with Crippen LogP contribution in [0.15, 0.2) is 54.7 Å². The summed E-state index contributed by atoms with van der Waals surface area (Å²) >= 11 is 0. The molecule has 1 aliphatic carbocycles. The van der Waals surface area contributed by atoms with Gasteiger partial charge in [-0.1, -0.05) is 17.0 Å². The van der Waals surface area contributed by atoms with E-state index in [0.717, 1.165) is 48.0 Å². The van der Waals surface area contributed by atoms with Gasteiger partial charge in [-0.25, -0.2) is 4.98 Å². The molecule has 152 valence electrons. The summed E-state index contributed by atoms with van der Waals surface area (Å²) in [6.07, 6.45) is -1.29. The fourth-order valence-electron chi connectivity index (χ4n) is 3.30. The van der Waals surface area contributed by atoms with E-state index in [1.165, 1.54) is 12.1 Å². The SMILES string of the molecule is [O-][n+]1cc(Nc2ccc(C(F)(F)F)cc2)nc(-n2c(C3CC3)nc3ccccc32)n1. The normalized spacial score (nSPS) is 14.2. The van der Waals surface area contributed by atoms with Gasteiger partial charge < -0.3 is 10.5 Å². The van der Waals surface area contributed by atoms with Crippen LogP contribution >= 0.6 is 0 Å². The Bertz CT molecular complexity index is 1230. The number of nitrogens with one attached hydrogen (secondary N) is 1. The first kappa shape index (κ1) is 18.3. The van der Waals surface area contributed by atoms with Gasteiger partial charge >= 0.3 is 12.1 Å². The molecule has 0 saturated heterocycles. The largest absolute Gasteiger partial charge is 0.594 e. The molecule has 2 aromatic heterocycles. The average molecular weight is 412 g/mol. The quantitative estimate of drug-likeness (QED) is 0.403. The number of aromatic nitrogens is 5. The van der Waals surface area contributed by atoms with Gasteiger partial charge in [-0.3, -0.25) is 4.57 Å². The Labute approximate surface area is 168 Å². The lowest BCUT2D eigenvalue weighted by atomic mass is 10.2. The Hall–Kier alpha value is -3.69. The standard InChI is InChI=1S/C20H15F3N6O/c21-20(22,23)13-7-9-14(10-8-13)24-17-11-28(30)27-19(26-17)29-16-4-2-1-3-15(16)25-18(29)12-5-6-12/h1-4,7-12H,5-6H2,(H,24,26,27). The summed E-state index contributed by atoms with van der Waals surface area (Å²) < 4.78 is 40.0. The number of rotatable bonds is 4. The second-order valence-electron chi connectivity index (χ2n) is 7.10. The molecule has 10 heteroatoms. The molecular weight excluding hydrogens is 397 g/mol. The van der Waals surface area contributed by atoms with Crippen molar-refractivity contribution in [3.05, 3.63) is 71.3 Å². The van der Waals surface area contributed by atoms with Crippen LogP contribution in [0.4, 0.5) is 24.7 Å². The molecular formula is C20H15F3N6O. The third-order valence-corrected chi connectivity index (χ3v) is 4.86. The highest BCUT2D eigenvalue weighted by atomic mass is 19.4. The van der Waals surface area contributed by atoms with E-state index in [1.807, 2.05) is 24.3 Å². The molecule has 1 N–H and O–H groups in total. The highest BCUT2D eigenvalue weighted by Crippen LogP contribution is 2.41. The van der Waals surface area contributed by atoms with E-state index in [9.17, 15) is 18.4 Å². The zero-order valence-corrected chi connectivity index (χ0v) is 15.5. The molecule has 1 aliphatic rings. The molecule has 1 fully saturated rings. The molecule has 1 saturated carbocycles. The molecule has 4 aromatic rings. The lowest BCUT2D eigenvalue weighted by Crippen LogP contribution is -2.33. The van der Waals surface area contributed by atoms with E-state index < -0.39 is 11.7 Å². The average Bonchev–Trinajstić information content (AvgIpc) is 3.47. The van der Waals surface area contributed by atoms with Gasteiger partial charge in [-0.05, 0) is 49.2 Å². The minimum atomic E-state index is -4.42. The molecule has 0 bridgehead atoms. The van der Waals surface area contributed by atoms with Gasteiger partial charge in [0.2, 0.25) is 5.82 Å². The van der Waals surface area contributed by atoms with Crippen molar-refractivity contribution in [3.8, 4) is 5.95 Å². The van der Waals surface area contributed by atoms with Gasteiger partial charge in [0.1, 0.15) is 5.82 Å². The van der Waals surface area contributed by atoms with Crippen molar-refractivity contribution in [2.45, 2.75) is 24.9 Å². The lowest BCUT2D eigenvalue weighted by molar-refractivity contribution is -0.668. The maximum Gasteiger partial charge on any atom is 0.416 e. The molecule has 0 aliphatic heterocycles. The van der Waals surface area contributed by atoms with E-state index in [2.05, 4.69) is 20.4 Å². The van der Waals surface area contributed by atoms with Crippen LogP contribution in [-0.4, -0.2) is 19.6 Å². The summed E-state index contributed by atoms with van der Waals surface area (Å²) in [7, 11) is 0. The highest BCUT2D eigenvalue weighted by Gasteiger charge is 2.32. The van der Waals surface area contributed by atoms with Crippen molar-refractivity contribution in [1.82, 2.24) is 19.6 Å². The van der Waals surface area contributed by atoms with E-state index in [4.69, 9.17) is 0 Å². The number of alkyl halides is 3. The molecule has 0 radical (unpaired) electrons. The number of hydrogen-bond acceptors (Lipinski definition) is 5. The zero-order valence-electron chi connectivity index (χ0n) is 15.5. The monoisotopic (exact) mass is 412 g/mol. The molecule has 0 spiro atoms. The number of benzene rings is 2. The second kappa shape index (κ2) is 6.68. The predicted octanol–water partition coefficient (Wildman–Crippen LogP) is 4.09. The first-order chi connectivity index (χ1) is 14.4. The Morgan fingerprint density at radius 3 is 2.47 bits per heavy atom. The first-order valence-electron chi connectivity index (χ1n) is 9.29. The summed E-state index contributed by atoms with van der Waals surface area (Å²) in [5.41, 5.74) is 1.17. The Morgan fingerprint density at radius 1 is 1.03 bits per heavy atom. The van der Waals surface area contributed by atoms with Gasteiger partial charge in [0.15, 0.2) is 0 Å². The number of halogens is 3. The van der Waals surface area contributed by atoms with Gasteiger partial charge in [-0.15, -0.1) is 0 Å². The molecule has 0 unspecified atom stereocenters. The van der Waals surface area contributed by atoms with Crippen LogP contribution in [0.2, 0.25) is 0 Å². The van der Waals surface area contributed by atoms with Crippen molar-refractivity contribution in [3.63, 3.8) is 0 Å². The minimum Gasteiger partial charge on any atom is -0.594 e. The zero-order chi connectivity index (χ0) is 20.9. The molecule has 2 heterocycles. The van der Waals surface area contributed by atoms with Crippen LogP contribution in [0.5, 0.6) is 0 Å². The van der Waals surface area contributed by atoms with Crippen LogP contribution in [-0.2, 0) is 6.18 Å². The predicted molar refractivity (Wildman–Crippen MR) is 102 cm³/mol. The van der Waals surface area contributed by atoms with Crippen LogP contribution in [0.3, 0.4) is 0 Å². The lowest BCUT2D eigenvalue weighted by Gasteiger charge is -2.10. The molecule has 7 nitrogen and oxygen atoms in total. The minimum absolute atomic E-state index is 0.150. The van der Waals surface area contributed by atoms with E-state index >= 15 is 0 Å². The summed E-state index contributed by atoms with van der Waals surface area (Å²) in [6, 6.07) is 12.0. The molecule has 2 aromatic carbocycles. The number of anilines is 2. The smallest absolute Gasteiger partial charge is 0.416 e. The topological polar surface area (TPSA) is 82.6 Å². The fourth-order valence-corrected chi connectivity index (χ4v) is 3.30. The number of imidazole rings is 1. The number of fused-ring (bicyclic) bond motifs is 1. The maximum absolute atomic E-state index is 12.8. The van der Waals surface area contributed by atoms with Crippen molar-refractivity contribution < 1.29 is 18.0 Å². The van der Waals surface area contributed by atoms with Crippen molar-refractivity contribution in [1.29, 1.82) is 0 Å². The van der Waals surface area contributed by atoms with Gasteiger partial charge in [0.25, 0.3) is 6.20 Å². The van der Waals surface area contributed by atoms with Gasteiger partial charge in [0, 0.05) is 11.6 Å². The van der Waals surface area contributed by atoms with Gasteiger partial charge in [0.05, 0.1) is 21.7 Å². The van der Waals surface area contributed by atoms with Gasteiger partial charge in [-0.2, -0.15) is 18.2 Å². The number of para-hydroxylation sites is 2. The summed E-state index contributed by atoms with van der Waals surface area (Å²) in [5.74, 6) is 1.39. The third-order valence-electron chi connectivity index (χ3n) is 4.86. The Kier molecular flexibility index (Phi) is 4.09. The van der Waals surface area contributed by atoms with Crippen molar-refractivity contribution in [2.24, 2.45) is 0 Å². The molecule has 30 heavy (non-hydrogen) atoms. The van der Waals surface area contributed by atoms with Crippen LogP contribution in [0.1, 0.15) is 30.1 Å². The van der Waals surface area contributed by atoms with E-state index in [1.54, 1.807) is 4.57 Å². The highest BCUT2D eigenvalue weighted by molar-refractivity contribution is 5.77. The summed E-state index contributed by atoms with van der Waals surface area (Å²) in [5, 5.41) is 19.0. The van der Waals surface area contributed by atoms with E-state index in [-0.39, 0.29) is 17.7 Å². The fraction of sp³-hybridized carbons (Fsp3) is 0.200. The number of hydrogen-bond donors (Lipinski definition) is 1. The second-order valence-corrected chi connectivity index (χ2v) is 7.10. The van der Waals surface area contributed by atoms with Crippen molar-refractivity contribution in [2.75, 3.05) is 5.32 Å². The van der Waals surface area contributed by atoms with Crippen LogP contribution in [0.25, 0.3) is 17.0 Å². The van der Waals surface area contributed by atoms with Crippen molar-refractivity contribution >= 4 is 22.5 Å². The first-order valence-corrected chi connectivity index (χ1v) is 9.29. The van der Waals surface area contributed by atoms with E-state index in [0.29, 0.717) is 10.5 Å². The van der Waals surface area contributed by atoms with Crippen LogP contribution in [0, 0.1) is 5.21 Å². The Balaban J connectivity index is 1.53. The summed E-state index contributed by atoms with van der Waals surface area (Å²) in [6.45, 7) is 0. The molecule has 0 atom stereocenters. The number of nitrogens with zero attached hydrogens (tertiary/aromatic N) is 5. The summed E-state index contributed by atoms with van der Waals surface area (Å²) in [4.78, 5) is 9.47. The van der Waals surface area contributed by atoms with Crippen LogP contribution < -0.4 is 10.2 Å². The Morgan fingerprint density at radius 2 is 1.77 bits per heavy atom. The molecule has 0 amide bonds. The third kappa shape index (κ3) is 3.40. The molecule has 5 rings (SSSR count).